The summed E-state index contributed by atoms with van der Waals surface area (Å²) in [7, 11) is 0. The number of aliphatic hydroxyl groups is 3. The van der Waals surface area contributed by atoms with E-state index in [2.05, 4.69) is 0 Å². The molecule has 1 fully saturated rings. The highest BCUT2D eigenvalue weighted by Gasteiger charge is 2.43. The van der Waals surface area contributed by atoms with Crippen LogP contribution in [0.15, 0.2) is 0 Å². The highest BCUT2D eigenvalue weighted by Crippen LogP contribution is 2.27. The van der Waals surface area contributed by atoms with Crippen molar-refractivity contribution >= 4 is 22.6 Å². The van der Waals surface area contributed by atoms with Crippen LogP contribution in [0.1, 0.15) is 6.92 Å². The Morgan fingerprint density at radius 1 is 1.36 bits per heavy atom. The number of halogens is 1. The molecule has 0 radical (unpaired) electrons. The highest BCUT2D eigenvalue weighted by atomic mass is 123. The van der Waals surface area contributed by atoms with Gasteiger partial charge in [0.25, 0.3) is 0 Å². The van der Waals surface area contributed by atoms with E-state index in [0.29, 0.717) is 6.61 Å². The summed E-state index contributed by atoms with van der Waals surface area (Å²) >= 11 is 1.93. The average Bonchev–Trinajstić information content (AvgIpc) is 2.19. The monoisotopic (exact) mass is 314 g/mol. The lowest BCUT2D eigenvalue weighted by Gasteiger charge is -2.39. The molecule has 1 rings (SSSR count). The number of aliphatic hydroxyl groups excluding tert-OH is 3. The van der Waals surface area contributed by atoms with Gasteiger partial charge in [0.2, 0.25) is 0 Å². The van der Waals surface area contributed by atoms with Crippen LogP contribution in [0.25, 0.3) is 0 Å². The summed E-state index contributed by atoms with van der Waals surface area (Å²) in [6.07, 6.45) is -3.18. The van der Waals surface area contributed by atoms with E-state index in [1.165, 1.54) is 0 Å². The molecule has 0 spiro atoms. The molecule has 1 unspecified atom stereocenters. The van der Waals surface area contributed by atoms with Crippen molar-refractivity contribution in [3.05, 3.63) is 0 Å². The second-order valence-corrected chi connectivity index (χ2v) is 4.54. The van der Waals surface area contributed by atoms with Crippen molar-refractivity contribution in [2.24, 2.45) is 0 Å². The van der Waals surface area contributed by atoms with Gasteiger partial charge in [0, 0.05) is 6.61 Å². The van der Waals surface area contributed by atoms with Crippen LogP contribution in [0, 0.1) is 0 Å². The summed E-state index contributed by atoms with van der Waals surface area (Å²) in [6.45, 7) is 1.92. The smallest absolute Gasteiger partial charge is 0.185 e. The molecule has 0 bridgehead atoms. The first kappa shape index (κ1) is 12.6. The van der Waals surface area contributed by atoms with E-state index in [4.69, 9.17) is 14.6 Å². The van der Waals surface area contributed by atoms with Gasteiger partial charge in [-0.2, -0.15) is 0 Å². The van der Waals surface area contributed by atoms with Crippen molar-refractivity contribution in [1.82, 2.24) is 0 Å². The number of alkyl halides is 1. The molecule has 0 aromatic heterocycles. The van der Waals surface area contributed by atoms with Gasteiger partial charge in [0.15, 0.2) is 6.29 Å². The topological polar surface area (TPSA) is 79.2 Å². The van der Waals surface area contributed by atoms with Crippen LogP contribution < -0.4 is 0 Å². The fraction of sp³-hybridized carbons (Fsp3) is 1.00. The van der Waals surface area contributed by atoms with Gasteiger partial charge in [-0.1, -0.05) is 22.6 Å². The lowest BCUT2D eigenvalue weighted by atomic mass is 10.0. The summed E-state index contributed by atoms with van der Waals surface area (Å²) in [5, 5.41) is 28.2. The molecule has 0 saturated carbocycles. The molecule has 0 aromatic carbocycles. The Balaban J connectivity index is 2.63. The van der Waals surface area contributed by atoms with E-state index in [1.807, 2.05) is 22.6 Å². The Bertz CT molecular complexity index is 175. The second kappa shape index (κ2) is 5.57. The van der Waals surface area contributed by atoms with Crippen LogP contribution in [-0.2, 0) is 9.47 Å². The molecule has 5 atom stereocenters. The van der Waals surface area contributed by atoms with E-state index in [9.17, 15) is 10.2 Å². The molecule has 1 saturated heterocycles. The van der Waals surface area contributed by atoms with Gasteiger partial charge in [-0.05, 0) is 6.92 Å². The molecule has 1 heterocycles. The maximum absolute atomic E-state index is 9.65. The lowest BCUT2D eigenvalue weighted by Crippen LogP contribution is -2.56. The Morgan fingerprint density at radius 3 is 2.50 bits per heavy atom. The lowest BCUT2D eigenvalue weighted by molar-refractivity contribution is -0.263. The normalized spacial score (nSPS) is 43.9. The van der Waals surface area contributed by atoms with Crippen LogP contribution in [-0.4, -0.2) is 57.1 Å². The van der Waals surface area contributed by atoms with Crippen molar-refractivity contribution in [1.29, 1.82) is 0 Å². The average molecular weight is 314 g/mol. The van der Waals surface area contributed by atoms with Gasteiger partial charge in [0.05, 0.1) is 16.6 Å². The zero-order valence-corrected chi connectivity index (χ0v) is 9.99. The number of rotatable bonds is 3. The van der Waals surface area contributed by atoms with Gasteiger partial charge in [-0.15, -0.1) is 0 Å². The van der Waals surface area contributed by atoms with Crippen LogP contribution >= 0.6 is 22.6 Å². The quantitative estimate of drug-likeness (QED) is 0.473. The summed E-state index contributed by atoms with van der Waals surface area (Å²) in [5.41, 5.74) is 0. The maximum Gasteiger partial charge on any atom is 0.185 e. The minimum Gasteiger partial charge on any atom is -0.394 e. The predicted octanol–water partition coefficient (Wildman–Crippen LogP) is -0.735. The maximum atomic E-state index is 9.65. The first-order valence-electron chi connectivity index (χ1n) is 4.50. The van der Waals surface area contributed by atoms with Gasteiger partial charge in [-0.3, -0.25) is 0 Å². The molecule has 0 aliphatic carbocycles. The summed E-state index contributed by atoms with van der Waals surface area (Å²) in [4.78, 5) is 0. The molecule has 1 aliphatic heterocycles. The first-order chi connectivity index (χ1) is 6.61. The minimum absolute atomic E-state index is 0.281. The molecule has 84 valence electrons. The third-order valence-electron chi connectivity index (χ3n) is 2.13. The van der Waals surface area contributed by atoms with Gasteiger partial charge in [0.1, 0.15) is 12.2 Å². The number of hydrogen-bond acceptors (Lipinski definition) is 5. The minimum atomic E-state index is -0.868. The van der Waals surface area contributed by atoms with Gasteiger partial charge < -0.3 is 24.8 Å². The van der Waals surface area contributed by atoms with E-state index in [-0.39, 0.29) is 6.61 Å². The van der Waals surface area contributed by atoms with Crippen LogP contribution in [0.5, 0.6) is 0 Å². The summed E-state index contributed by atoms with van der Waals surface area (Å²) in [6, 6.07) is 0. The number of ether oxygens (including phenoxy) is 2. The van der Waals surface area contributed by atoms with Crippen molar-refractivity contribution < 1.29 is 24.8 Å². The Morgan fingerprint density at radius 2 is 2.00 bits per heavy atom. The Hall–Kier alpha value is 0.530. The Labute approximate surface area is 96.2 Å². The first-order valence-corrected chi connectivity index (χ1v) is 5.74. The molecule has 1 aliphatic rings. The van der Waals surface area contributed by atoms with Crippen LogP contribution in [0.2, 0.25) is 0 Å². The number of hydrogen-bond donors (Lipinski definition) is 3. The van der Waals surface area contributed by atoms with E-state index in [0.717, 1.165) is 0 Å². The van der Waals surface area contributed by atoms with Crippen molar-refractivity contribution in [2.75, 3.05) is 13.2 Å². The zero-order valence-electron chi connectivity index (χ0n) is 7.84. The van der Waals surface area contributed by atoms with E-state index >= 15 is 0 Å². The van der Waals surface area contributed by atoms with Crippen LogP contribution in [0.3, 0.4) is 0 Å². The molecular formula is C8H15IO5. The van der Waals surface area contributed by atoms with Gasteiger partial charge >= 0.3 is 0 Å². The second-order valence-electron chi connectivity index (χ2n) is 3.11. The molecule has 0 amide bonds. The summed E-state index contributed by atoms with van der Waals surface area (Å²) in [5.74, 6) is 0. The fourth-order valence-corrected chi connectivity index (χ4v) is 2.15. The molecule has 14 heavy (non-hydrogen) atoms. The SMILES string of the molecule is CCOC1O[C@H](CO)[C@@H](O)[C@H]([123I])[C@@H]1O. The molecule has 6 heteroatoms. The van der Waals surface area contributed by atoms with Gasteiger partial charge in [-0.25, -0.2) is 0 Å². The molecular weight excluding hydrogens is 299 g/mol. The standard InChI is InChI=1S/C8H15IO5/c1-2-13-8-7(12)5(9)6(11)4(3-10)14-8/h4-8,10-12H,2-3H2,1H3/t4-,5+,6-,7+,8?/m1/s1/i9-4. The Kier molecular flexibility index (Phi) is 5.01. The largest absolute Gasteiger partial charge is 0.394 e. The predicted molar refractivity (Wildman–Crippen MR) is 57.2 cm³/mol. The van der Waals surface area contributed by atoms with Crippen molar-refractivity contribution in [2.45, 2.75) is 35.5 Å². The molecule has 3 N–H and O–H groups in total. The third kappa shape index (κ3) is 2.56. The fourth-order valence-electron chi connectivity index (χ4n) is 1.34. The highest BCUT2D eigenvalue weighted by molar-refractivity contribution is 14.1. The van der Waals surface area contributed by atoms with Crippen LogP contribution in [0.4, 0.5) is 0 Å². The van der Waals surface area contributed by atoms with Crippen molar-refractivity contribution in [3.63, 3.8) is 0 Å². The van der Waals surface area contributed by atoms with E-state index in [1.54, 1.807) is 6.92 Å². The third-order valence-corrected chi connectivity index (χ3v) is 3.61. The summed E-state index contributed by atoms with van der Waals surface area (Å²) < 4.78 is 9.95. The van der Waals surface area contributed by atoms with E-state index < -0.39 is 28.5 Å². The van der Waals surface area contributed by atoms with Crippen molar-refractivity contribution in [3.8, 4) is 0 Å². The molecule has 0 aromatic rings. The zero-order chi connectivity index (χ0) is 10.7. The molecule has 5 nitrogen and oxygen atoms in total.